The van der Waals surface area contributed by atoms with Crippen molar-refractivity contribution in [1.29, 1.82) is 0 Å². The van der Waals surface area contributed by atoms with Gasteiger partial charge in [-0.2, -0.15) is 0 Å². The highest BCUT2D eigenvalue weighted by Gasteiger charge is 2.31. The summed E-state index contributed by atoms with van der Waals surface area (Å²) < 4.78 is 0. The van der Waals surface area contributed by atoms with Gasteiger partial charge in [-0.1, -0.05) is 0 Å². The average molecular weight is 166 g/mol. The number of nitrogens with zero attached hydrogens (tertiary/aromatic N) is 1. The molecule has 0 spiro atoms. The minimum Gasteiger partial charge on any atom is -0.371 e. The van der Waals surface area contributed by atoms with Crippen LogP contribution < -0.4 is 5.32 Å². The molecule has 0 radical (unpaired) electrons. The Balaban J connectivity index is 2.20. The summed E-state index contributed by atoms with van der Waals surface area (Å²) >= 11 is 0. The Kier molecular flexibility index (Phi) is 1.79. The summed E-state index contributed by atoms with van der Waals surface area (Å²) in [4.78, 5) is 13.4. The molecule has 2 unspecified atom stereocenters. The van der Waals surface area contributed by atoms with E-state index >= 15 is 0 Å². The molecule has 66 valence electrons. The molecule has 3 nitrogen and oxygen atoms in total. The molecule has 3 heteroatoms. The Morgan fingerprint density at radius 2 is 2.42 bits per heavy atom. The Hall–Kier alpha value is -0.990. The molecular formula is C9H14N2O. The third-order valence-corrected chi connectivity index (χ3v) is 2.68. The quantitative estimate of drug-likeness (QED) is 0.578. The maximum Gasteiger partial charge on any atom is 0.249 e. The lowest BCUT2D eigenvalue weighted by atomic mass is 10.00. The van der Waals surface area contributed by atoms with E-state index in [1.807, 2.05) is 4.90 Å². The number of rotatable bonds is 0. The predicted molar refractivity (Wildman–Crippen MR) is 46.2 cm³/mol. The van der Waals surface area contributed by atoms with Gasteiger partial charge in [0.1, 0.15) is 6.17 Å². The maximum atomic E-state index is 11.4. The summed E-state index contributed by atoms with van der Waals surface area (Å²) in [6.07, 6.45) is 7.07. The van der Waals surface area contributed by atoms with Crippen LogP contribution in [0.2, 0.25) is 0 Å². The minimum absolute atomic E-state index is 0.158. The van der Waals surface area contributed by atoms with Gasteiger partial charge in [0, 0.05) is 18.3 Å². The van der Waals surface area contributed by atoms with Gasteiger partial charge in [-0.15, -0.1) is 0 Å². The molecule has 1 saturated heterocycles. The highest BCUT2D eigenvalue weighted by Crippen LogP contribution is 2.23. The van der Waals surface area contributed by atoms with Crippen LogP contribution in [-0.2, 0) is 4.79 Å². The van der Waals surface area contributed by atoms with Gasteiger partial charge < -0.3 is 10.2 Å². The summed E-state index contributed by atoms with van der Waals surface area (Å²) in [5.41, 5.74) is 0. The fourth-order valence-corrected chi connectivity index (χ4v) is 2.04. The lowest BCUT2D eigenvalue weighted by Crippen LogP contribution is -2.55. The second-order valence-electron chi connectivity index (χ2n) is 3.54. The van der Waals surface area contributed by atoms with Crippen molar-refractivity contribution in [2.75, 3.05) is 0 Å². The lowest BCUT2D eigenvalue weighted by molar-refractivity contribution is -0.134. The van der Waals surface area contributed by atoms with Gasteiger partial charge in [-0.3, -0.25) is 4.79 Å². The van der Waals surface area contributed by atoms with Crippen LogP contribution in [0.3, 0.4) is 0 Å². The molecule has 0 aromatic rings. The van der Waals surface area contributed by atoms with Crippen molar-refractivity contribution >= 4 is 5.91 Å². The Morgan fingerprint density at radius 1 is 1.58 bits per heavy atom. The molecule has 12 heavy (non-hydrogen) atoms. The summed E-state index contributed by atoms with van der Waals surface area (Å²) in [5, 5.41) is 3.21. The van der Waals surface area contributed by atoms with Crippen LogP contribution in [-0.4, -0.2) is 23.0 Å². The maximum absolute atomic E-state index is 11.4. The van der Waals surface area contributed by atoms with Crippen LogP contribution in [0.5, 0.6) is 0 Å². The first-order chi connectivity index (χ1) is 5.79. The van der Waals surface area contributed by atoms with Crippen molar-refractivity contribution in [1.82, 2.24) is 10.2 Å². The predicted octanol–water partition coefficient (Wildman–Crippen LogP) is 0.830. The standard InChI is InChI=1S/C9H14N2O/c1-7-3-2-4-8-10-6-5-9(12)11(7)8/h5-8,10H,2-4H2,1H3. The fourth-order valence-electron chi connectivity index (χ4n) is 2.04. The molecule has 2 atom stereocenters. The van der Waals surface area contributed by atoms with Crippen molar-refractivity contribution in [3.63, 3.8) is 0 Å². The van der Waals surface area contributed by atoms with Gasteiger partial charge in [-0.05, 0) is 26.2 Å². The third kappa shape index (κ3) is 1.09. The molecule has 1 N–H and O–H groups in total. The molecule has 0 bridgehead atoms. The van der Waals surface area contributed by atoms with Gasteiger partial charge in [0.05, 0.1) is 0 Å². The molecule has 2 aliphatic heterocycles. The Morgan fingerprint density at radius 3 is 3.17 bits per heavy atom. The number of hydrogen-bond donors (Lipinski definition) is 1. The van der Waals surface area contributed by atoms with E-state index < -0.39 is 0 Å². The zero-order valence-corrected chi connectivity index (χ0v) is 7.29. The first-order valence-electron chi connectivity index (χ1n) is 4.54. The monoisotopic (exact) mass is 166 g/mol. The van der Waals surface area contributed by atoms with Crippen molar-refractivity contribution < 1.29 is 4.79 Å². The molecule has 2 rings (SSSR count). The zero-order chi connectivity index (χ0) is 8.55. The first kappa shape index (κ1) is 7.65. The van der Waals surface area contributed by atoms with Crippen LogP contribution in [0.25, 0.3) is 0 Å². The molecule has 1 fully saturated rings. The van der Waals surface area contributed by atoms with E-state index in [0.29, 0.717) is 6.04 Å². The largest absolute Gasteiger partial charge is 0.371 e. The van der Waals surface area contributed by atoms with E-state index in [-0.39, 0.29) is 12.1 Å². The van der Waals surface area contributed by atoms with Crippen molar-refractivity contribution in [3.8, 4) is 0 Å². The number of nitrogens with one attached hydrogen (secondary N) is 1. The van der Waals surface area contributed by atoms with Crippen molar-refractivity contribution in [2.45, 2.75) is 38.4 Å². The van der Waals surface area contributed by atoms with E-state index in [1.165, 1.54) is 6.42 Å². The SMILES string of the molecule is CC1CCCC2NC=CC(=O)N12. The van der Waals surface area contributed by atoms with E-state index in [4.69, 9.17) is 0 Å². The van der Waals surface area contributed by atoms with Gasteiger partial charge in [-0.25, -0.2) is 0 Å². The van der Waals surface area contributed by atoms with E-state index in [9.17, 15) is 4.79 Å². The highest BCUT2D eigenvalue weighted by atomic mass is 16.2. The Labute approximate surface area is 72.4 Å². The van der Waals surface area contributed by atoms with Crippen molar-refractivity contribution in [2.24, 2.45) is 0 Å². The highest BCUT2D eigenvalue weighted by molar-refractivity contribution is 5.88. The van der Waals surface area contributed by atoms with Crippen molar-refractivity contribution in [3.05, 3.63) is 12.3 Å². The Bertz CT molecular complexity index is 225. The number of hydrogen-bond acceptors (Lipinski definition) is 2. The van der Waals surface area contributed by atoms with Crippen LogP contribution in [0, 0.1) is 0 Å². The van der Waals surface area contributed by atoms with Gasteiger partial charge in [0.2, 0.25) is 5.91 Å². The molecule has 0 aliphatic carbocycles. The van der Waals surface area contributed by atoms with E-state index in [0.717, 1.165) is 12.8 Å². The fraction of sp³-hybridized carbons (Fsp3) is 0.667. The second kappa shape index (κ2) is 2.81. The number of carbonyl (C=O) groups excluding carboxylic acids is 1. The van der Waals surface area contributed by atoms with Gasteiger partial charge >= 0.3 is 0 Å². The molecular weight excluding hydrogens is 152 g/mol. The van der Waals surface area contributed by atoms with Gasteiger partial charge in [0.15, 0.2) is 0 Å². The molecule has 1 amide bonds. The van der Waals surface area contributed by atoms with Crippen LogP contribution >= 0.6 is 0 Å². The summed E-state index contributed by atoms with van der Waals surface area (Å²) in [7, 11) is 0. The van der Waals surface area contributed by atoms with Crippen LogP contribution in [0.15, 0.2) is 12.3 Å². The smallest absolute Gasteiger partial charge is 0.249 e. The lowest BCUT2D eigenvalue weighted by Gasteiger charge is -2.42. The minimum atomic E-state index is 0.158. The zero-order valence-electron chi connectivity index (χ0n) is 7.29. The van der Waals surface area contributed by atoms with E-state index in [2.05, 4.69) is 12.2 Å². The number of amides is 1. The van der Waals surface area contributed by atoms with Crippen LogP contribution in [0.1, 0.15) is 26.2 Å². The molecule has 2 aliphatic rings. The molecule has 0 aromatic carbocycles. The molecule has 0 aromatic heterocycles. The average Bonchev–Trinajstić information content (AvgIpc) is 2.04. The van der Waals surface area contributed by atoms with Crippen LogP contribution in [0.4, 0.5) is 0 Å². The molecule has 0 saturated carbocycles. The molecule has 2 heterocycles. The first-order valence-corrected chi connectivity index (χ1v) is 4.54. The summed E-state index contributed by atoms with van der Waals surface area (Å²) in [6, 6.07) is 0.397. The summed E-state index contributed by atoms with van der Waals surface area (Å²) in [5.74, 6) is 0.158. The number of fused-ring (bicyclic) bond motifs is 1. The second-order valence-corrected chi connectivity index (χ2v) is 3.54. The summed E-state index contributed by atoms with van der Waals surface area (Å²) in [6.45, 7) is 2.12. The van der Waals surface area contributed by atoms with E-state index in [1.54, 1.807) is 12.3 Å². The number of carbonyl (C=O) groups is 1. The normalized spacial score (nSPS) is 34.4. The number of piperidine rings is 1. The third-order valence-electron chi connectivity index (χ3n) is 2.68. The topological polar surface area (TPSA) is 32.3 Å². The van der Waals surface area contributed by atoms with Gasteiger partial charge in [0.25, 0.3) is 0 Å².